The van der Waals surface area contributed by atoms with Crippen LogP contribution in [-0.2, 0) is 4.79 Å². The molecular weight excluding hydrogens is 154 g/mol. The van der Waals surface area contributed by atoms with Gasteiger partial charge >= 0.3 is 0 Å². The molecule has 2 atom stereocenters. The van der Waals surface area contributed by atoms with Crippen LogP contribution in [0.2, 0.25) is 0 Å². The monoisotopic (exact) mass is 171 g/mol. The van der Waals surface area contributed by atoms with Crippen molar-refractivity contribution in [3.63, 3.8) is 0 Å². The van der Waals surface area contributed by atoms with E-state index in [4.69, 9.17) is 5.11 Å². The van der Waals surface area contributed by atoms with E-state index in [-0.39, 0.29) is 11.9 Å². The van der Waals surface area contributed by atoms with Gasteiger partial charge < -0.3 is 10.4 Å². The Morgan fingerprint density at radius 2 is 1.92 bits per heavy atom. The molecule has 0 spiro atoms. The number of hydrogen-bond acceptors (Lipinski definition) is 2. The topological polar surface area (TPSA) is 49.3 Å². The molecule has 0 fully saturated rings. The summed E-state index contributed by atoms with van der Waals surface area (Å²) >= 11 is 0. The second kappa shape index (κ2) is 4.93. The number of hydrogen-bond donors (Lipinski definition) is 2. The lowest BCUT2D eigenvalue weighted by Gasteiger charge is -2.15. The number of aliphatic hydroxyl groups is 1. The number of amides is 1. The van der Waals surface area contributed by atoms with E-state index in [9.17, 15) is 4.79 Å². The highest BCUT2D eigenvalue weighted by Crippen LogP contribution is 1.92. The molecule has 2 N–H and O–H groups in total. The van der Waals surface area contributed by atoms with Gasteiger partial charge in [-0.15, -0.1) is 0 Å². The van der Waals surface area contributed by atoms with Gasteiger partial charge in [-0.05, 0) is 27.7 Å². The Kier molecular flexibility index (Phi) is 4.59. The zero-order valence-corrected chi connectivity index (χ0v) is 8.09. The fourth-order valence-corrected chi connectivity index (χ4v) is 0.649. The Morgan fingerprint density at radius 3 is 2.25 bits per heavy atom. The summed E-state index contributed by atoms with van der Waals surface area (Å²) < 4.78 is 0. The van der Waals surface area contributed by atoms with Gasteiger partial charge in [-0.1, -0.05) is 5.57 Å². The van der Waals surface area contributed by atoms with Gasteiger partial charge in [0.25, 0.3) is 0 Å². The number of nitrogens with one attached hydrogen (secondary N) is 1. The summed E-state index contributed by atoms with van der Waals surface area (Å²) in [5, 5.41) is 11.7. The minimum Gasteiger partial charge on any atom is -0.391 e. The fourth-order valence-electron chi connectivity index (χ4n) is 0.649. The predicted octanol–water partition coefficient (Wildman–Crippen LogP) is 0.838. The Morgan fingerprint density at radius 1 is 1.42 bits per heavy atom. The van der Waals surface area contributed by atoms with Crippen LogP contribution in [0.5, 0.6) is 0 Å². The molecule has 0 aliphatic carbocycles. The number of allylic oxidation sites excluding steroid dienone is 1. The molecular formula is C9H17NO2. The second-order valence-corrected chi connectivity index (χ2v) is 3.26. The van der Waals surface area contributed by atoms with Crippen molar-refractivity contribution in [1.29, 1.82) is 0 Å². The Labute approximate surface area is 73.5 Å². The minimum atomic E-state index is -0.514. The van der Waals surface area contributed by atoms with Crippen LogP contribution in [0.15, 0.2) is 11.6 Å². The third kappa shape index (κ3) is 4.91. The van der Waals surface area contributed by atoms with Gasteiger partial charge in [-0.25, -0.2) is 0 Å². The standard InChI is InChI=1S/C9H17NO2/c1-6(2)5-9(12)10-7(3)8(4)11/h5,7-8,11H,1-4H3,(H,10,12). The first-order valence-electron chi connectivity index (χ1n) is 4.07. The molecule has 0 aromatic rings. The lowest BCUT2D eigenvalue weighted by molar-refractivity contribution is -0.117. The quantitative estimate of drug-likeness (QED) is 0.618. The maximum atomic E-state index is 11.1. The molecule has 0 aromatic carbocycles. The molecule has 1 amide bonds. The summed E-state index contributed by atoms with van der Waals surface area (Å²) in [5.74, 6) is -0.150. The Hall–Kier alpha value is -0.830. The highest BCUT2D eigenvalue weighted by molar-refractivity contribution is 5.88. The van der Waals surface area contributed by atoms with Gasteiger partial charge in [-0.3, -0.25) is 4.79 Å². The van der Waals surface area contributed by atoms with Gasteiger partial charge in [0.2, 0.25) is 5.91 Å². The average Bonchev–Trinajstić information content (AvgIpc) is 1.84. The van der Waals surface area contributed by atoms with Crippen molar-refractivity contribution in [3.05, 3.63) is 11.6 Å². The van der Waals surface area contributed by atoms with Crippen molar-refractivity contribution < 1.29 is 9.90 Å². The molecule has 0 aromatic heterocycles. The SMILES string of the molecule is CC(C)=CC(=O)NC(C)C(C)O. The summed E-state index contributed by atoms with van der Waals surface area (Å²) in [5.41, 5.74) is 0.949. The van der Waals surface area contributed by atoms with Gasteiger partial charge in [0.1, 0.15) is 0 Å². The van der Waals surface area contributed by atoms with Gasteiger partial charge in [-0.2, -0.15) is 0 Å². The zero-order chi connectivity index (χ0) is 9.72. The van der Waals surface area contributed by atoms with E-state index in [2.05, 4.69) is 5.32 Å². The number of aliphatic hydroxyl groups excluding tert-OH is 1. The summed E-state index contributed by atoms with van der Waals surface area (Å²) in [7, 11) is 0. The number of carbonyl (C=O) groups excluding carboxylic acids is 1. The predicted molar refractivity (Wildman–Crippen MR) is 48.7 cm³/mol. The van der Waals surface area contributed by atoms with Crippen molar-refractivity contribution in [2.75, 3.05) is 0 Å². The van der Waals surface area contributed by atoms with Gasteiger partial charge in [0, 0.05) is 6.08 Å². The van der Waals surface area contributed by atoms with Crippen LogP contribution in [0, 0.1) is 0 Å². The molecule has 0 aliphatic rings. The molecule has 0 rings (SSSR count). The third-order valence-corrected chi connectivity index (χ3v) is 1.51. The molecule has 3 nitrogen and oxygen atoms in total. The molecule has 3 heteroatoms. The summed E-state index contributed by atoms with van der Waals surface area (Å²) in [6.07, 6.45) is 0.998. The van der Waals surface area contributed by atoms with Crippen LogP contribution >= 0.6 is 0 Å². The van der Waals surface area contributed by atoms with Crippen molar-refractivity contribution >= 4 is 5.91 Å². The first kappa shape index (κ1) is 11.2. The van der Waals surface area contributed by atoms with Crippen molar-refractivity contribution in [1.82, 2.24) is 5.32 Å². The van der Waals surface area contributed by atoms with Crippen molar-refractivity contribution in [3.8, 4) is 0 Å². The van der Waals surface area contributed by atoms with E-state index < -0.39 is 6.10 Å². The van der Waals surface area contributed by atoms with Gasteiger partial charge in [0.05, 0.1) is 12.1 Å². The first-order chi connectivity index (χ1) is 5.43. The van der Waals surface area contributed by atoms with E-state index in [1.165, 1.54) is 6.08 Å². The molecule has 2 unspecified atom stereocenters. The van der Waals surface area contributed by atoms with Crippen LogP contribution in [0.1, 0.15) is 27.7 Å². The lowest BCUT2D eigenvalue weighted by Crippen LogP contribution is -2.38. The smallest absolute Gasteiger partial charge is 0.244 e. The zero-order valence-electron chi connectivity index (χ0n) is 8.09. The van der Waals surface area contributed by atoms with Crippen LogP contribution in [0.25, 0.3) is 0 Å². The van der Waals surface area contributed by atoms with Gasteiger partial charge in [0.15, 0.2) is 0 Å². The van der Waals surface area contributed by atoms with Crippen molar-refractivity contribution in [2.24, 2.45) is 0 Å². The van der Waals surface area contributed by atoms with E-state index in [1.54, 1.807) is 13.8 Å². The van der Waals surface area contributed by atoms with E-state index >= 15 is 0 Å². The highest BCUT2D eigenvalue weighted by Gasteiger charge is 2.09. The molecule has 0 aliphatic heterocycles. The largest absolute Gasteiger partial charge is 0.391 e. The molecule has 0 saturated carbocycles. The maximum absolute atomic E-state index is 11.1. The first-order valence-corrected chi connectivity index (χ1v) is 4.07. The van der Waals surface area contributed by atoms with Crippen LogP contribution in [0.4, 0.5) is 0 Å². The lowest BCUT2D eigenvalue weighted by atomic mass is 10.2. The summed E-state index contributed by atoms with van der Waals surface area (Å²) in [6.45, 7) is 7.12. The second-order valence-electron chi connectivity index (χ2n) is 3.26. The number of rotatable bonds is 3. The summed E-state index contributed by atoms with van der Waals surface area (Å²) in [6, 6.07) is -0.201. The summed E-state index contributed by atoms with van der Waals surface area (Å²) in [4.78, 5) is 11.1. The minimum absolute atomic E-state index is 0.150. The van der Waals surface area contributed by atoms with E-state index in [0.29, 0.717) is 0 Å². The average molecular weight is 171 g/mol. The third-order valence-electron chi connectivity index (χ3n) is 1.51. The van der Waals surface area contributed by atoms with Crippen molar-refractivity contribution in [2.45, 2.75) is 39.8 Å². The van der Waals surface area contributed by atoms with E-state index in [1.807, 2.05) is 13.8 Å². The molecule has 0 radical (unpaired) electrons. The van der Waals surface area contributed by atoms with Crippen LogP contribution in [0.3, 0.4) is 0 Å². The highest BCUT2D eigenvalue weighted by atomic mass is 16.3. The molecule has 70 valence electrons. The van der Waals surface area contributed by atoms with Crippen LogP contribution in [-0.4, -0.2) is 23.2 Å². The molecule has 0 heterocycles. The molecule has 0 bridgehead atoms. The maximum Gasteiger partial charge on any atom is 0.244 e. The Balaban J connectivity index is 3.94. The molecule has 0 saturated heterocycles. The fraction of sp³-hybridized carbons (Fsp3) is 0.667. The Bertz CT molecular complexity index is 181. The normalized spacial score (nSPS) is 14.8. The molecule has 12 heavy (non-hydrogen) atoms. The number of carbonyl (C=O) groups is 1. The van der Waals surface area contributed by atoms with E-state index in [0.717, 1.165) is 5.57 Å². The van der Waals surface area contributed by atoms with Crippen LogP contribution < -0.4 is 5.32 Å².